The topological polar surface area (TPSA) is 37.3 Å². The number of aliphatic hydroxyl groups is 1. The molecule has 1 unspecified atom stereocenters. The molecule has 0 saturated carbocycles. The first-order chi connectivity index (χ1) is 5.37. The van der Waals surface area contributed by atoms with Gasteiger partial charge in [0.15, 0.2) is 0 Å². The van der Waals surface area contributed by atoms with Crippen LogP contribution in [0, 0.1) is 5.41 Å². The summed E-state index contributed by atoms with van der Waals surface area (Å²) in [5, 5.41) is 9.92. The van der Waals surface area contributed by atoms with Gasteiger partial charge < -0.3 is 5.11 Å². The first-order valence-electron chi connectivity index (χ1n) is 3.86. The van der Waals surface area contributed by atoms with E-state index in [1.165, 1.54) is 18.2 Å². The van der Waals surface area contributed by atoms with Gasteiger partial charge >= 0.3 is 0 Å². The maximum Gasteiger partial charge on any atom is 0.142 e. The van der Waals surface area contributed by atoms with Crippen LogP contribution in [0.3, 0.4) is 0 Å². The quantitative estimate of drug-likeness (QED) is 0.395. The minimum Gasteiger partial charge on any atom is -0.381 e. The zero-order valence-electron chi connectivity index (χ0n) is 7.87. The van der Waals surface area contributed by atoms with Gasteiger partial charge in [-0.3, -0.25) is 4.79 Å². The van der Waals surface area contributed by atoms with Crippen LogP contribution in [-0.2, 0) is 4.79 Å². The highest BCUT2D eigenvalue weighted by atomic mass is 16.3. The second-order valence-electron chi connectivity index (χ2n) is 3.77. The molecule has 0 aliphatic heterocycles. The molecule has 0 fully saturated rings. The summed E-state index contributed by atoms with van der Waals surface area (Å²) in [5.41, 5.74) is -1.47. The lowest BCUT2D eigenvalue weighted by molar-refractivity contribution is -0.104. The number of carbonyl (C=O) groups excluding carboxylic acids is 1. The SMILES string of the molecule is C=CC(O)(/C=C/C=O)C(C)(C)C. The fourth-order valence-electron chi connectivity index (χ4n) is 0.810. The van der Waals surface area contributed by atoms with Gasteiger partial charge in [-0.05, 0) is 17.6 Å². The number of aldehydes is 1. The van der Waals surface area contributed by atoms with Crippen LogP contribution in [0.25, 0.3) is 0 Å². The first kappa shape index (κ1) is 11.1. The van der Waals surface area contributed by atoms with Crippen molar-refractivity contribution in [2.45, 2.75) is 26.4 Å². The van der Waals surface area contributed by atoms with E-state index in [1.54, 1.807) is 0 Å². The number of carbonyl (C=O) groups is 1. The van der Waals surface area contributed by atoms with E-state index in [4.69, 9.17) is 0 Å². The Bertz CT molecular complexity index is 198. The van der Waals surface area contributed by atoms with Crippen LogP contribution in [0.2, 0.25) is 0 Å². The Morgan fingerprint density at radius 2 is 1.83 bits per heavy atom. The maximum atomic E-state index is 10.1. The number of hydrogen-bond donors (Lipinski definition) is 1. The van der Waals surface area contributed by atoms with Gasteiger partial charge in [0.25, 0.3) is 0 Å². The molecule has 0 spiro atoms. The van der Waals surface area contributed by atoms with Gasteiger partial charge in [-0.25, -0.2) is 0 Å². The summed E-state index contributed by atoms with van der Waals surface area (Å²) in [6.07, 6.45) is 4.81. The third-order valence-corrected chi connectivity index (χ3v) is 1.94. The van der Waals surface area contributed by atoms with E-state index in [0.717, 1.165) is 0 Å². The highest BCUT2D eigenvalue weighted by molar-refractivity contribution is 5.65. The highest BCUT2D eigenvalue weighted by Gasteiger charge is 2.34. The molecule has 1 N–H and O–H groups in total. The van der Waals surface area contributed by atoms with Crippen LogP contribution in [0.1, 0.15) is 20.8 Å². The summed E-state index contributed by atoms with van der Waals surface area (Å²) in [6, 6.07) is 0. The van der Waals surface area contributed by atoms with Crippen molar-refractivity contribution in [2.24, 2.45) is 5.41 Å². The molecular formula is C10H16O2. The van der Waals surface area contributed by atoms with E-state index in [2.05, 4.69) is 6.58 Å². The molecule has 0 aromatic rings. The normalized spacial score (nSPS) is 17.3. The lowest BCUT2D eigenvalue weighted by Crippen LogP contribution is -2.38. The lowest BCUT2D eigenvalue weighted by atomic mass is 9.76. The Balaban J connectivity index is 4.80. The minimum absolute atomic E-state index is 0.353. The average Bonchev–Trinajstić information content (AvgIpc) is 1.98. The summed E-state index contributed by atoms with van der Waals surface area (Å²) in [7, 11) is 0. The van der Waals surface area contributed by atoms with Gasteiger partial charge in [0.2, 0.25) is 0 Å². The van der Waals surface area contributed by atoms with Crippen LogP contribution < -0.4 is 0 Å². The van der Waals surface area contributed by atoms with Crippen LogP contribution in [0.4, 0.5) is 0 Å². The average molecular weight is 168 g/mol. The predicted molar refractivity (Wildman–Crippen MR) is 49.8 cm³/mol. The molecule has 0 bridgehead atoms. The molecule has 0 aromatic carbocycles. The van der Waals surface area contributed by atoms with Gasteiger partial charge in [-0.1, -0.05) is 33.4 Å². The van der Waals surface area contributed by atoms with E-state index in [9.17, 15) is 9.90 Å². The van der Waals surface area contributed by atoms with Gasteiger partial charge in [0.1, 0.15) is 11.9 Å². The number of rotatable bonds is 3. The van der Waals surface area contributed by atoms with E-state index in [0.29, 0.717) is 6.29 Å². The Labute approximate surface area is 73.6 Å². The molecule has 68 valence electrons. The second-order valence-corrected chi connectivity index (χ2v) is 3.77. The second kappa shape index (κ2) is 3.68. The van der Waals surface area contributed by atoms with Crippen molar-refractivity contribution < 1.29 is 9.90 Å². The minimum atomic E-state index is -1.12. The molecule has 0 heterocycles. The molecule has 0 amide bonds. The molecule has 0 saturated heterocycles. The molecule has 1 atom stereocenters. The summed E-state index contributed by atoms with van der Waals surface area (Å²) in [4.78, 5) is 10.1. The smallest absolute Gasteiger partial charge is 0.142 e. The van der Waals surface area contributed by atoms with E-state index < -0.39 is 5.60 Å². The molecule has 2 nitrogen and oxygen atoms in total. The molecule has 0 rings (SSSR count). The molecule has 0 aliphatic rings. The van der Waals surface area contributed by atoms with Crippen LogP contribution in [-0.4, -0.2) is 17.0 Å². The highest BCUT2D eigenvalue weighted by Crippen LogP contribution is 2.32. The van der Waals surface area contributed by atoms with Crippen molar-refractivity contribution in [3.63, 3.8) is 0 Å². The monoisotopic (exact) mass is 168 g/mol. The molecule has 2 heteroatoms. The molecule has 12 heavy (non-hydrogen) atoms. The first-order valence-corrected chi connectivity index (χ1v) is 3.86. The predicted octanol–water partition coefficient (Wildman–Crippen LogP) is 1.70. The van der Waals surface area contributed by atoms with Crippen molar-refractivity contribution in [3.05, 3.63) is 24.8 Å². The Kier molecular flexibility index (Phi) is 3.40. The summed E-state index contributed by atoms with van der Waals surface area (Å²) in [5.74, 6) is 0. The van der Waals surface area contributed by atoms with Crippen LogP contribution in [0.5, 0.6) is 0 Å². The van der Waals surface area contributed by atoms with Crippen molar-refractivity contribution >= 4 is 6.29 Å². The van der Waals surface area contributed by atoms with Gasteiger partial charge in [0.05, 0.1) is 0 Å². The fraction of sp³-hybridized carbons (Fsp3) is 0.500. The standard InChI is InChI=1S/C10H16O2/c1-5-10(12,7-6-8-11)9(2,3)4/h5-8,12H,1H2,2-4H3/b7-6+. The summed E-state index contributed by atoms with van der Waals surface area (Å²) >= 11 is 0. The summed E-state index contributed by atoms with van der Waals surface area (Å²) in [6.45, 7) is 9.17. The van der Waals surface area contributed by atoms with Gasteiger partial charge in [-0.2, -0.15) is 0 Å². The van der Waals surface area contributed by atoms with Crippen LogP contribution >= 0.6 is 0 Å². The van der Waals surface area contributed by atoms with E-state index in [1.807, 2.05) is 20.8 Å². The third-order valence-electron chi connectivity index (χ3n) is 1.94. The number of allylic oxidation sites excluding steroid dienone is 1. The maximum absolute atomic E-state index is 10.1. The fourth-order valence-corrected chi connectivity index (χ4v) is 0.810. The van der Waals surface area contributed by atoms with Gasteiger partial charge in [0, 0.05) is 0 Å². The molecule has 0 aromatic heterocycles. The van der Waals surface area contributed by atoms with Crippen molar-refractivity contribution in [1.29, 1.82) is 0 Å². The third kappa shape index (κ3) is 2.31. The van der Waals surface area contributed by atoms with E-state index >= 15 is 0 Å². The zero-order valence-corrected chi connectivity index (χ0v) is 7.87. The van der Waals surface area contributed by atoms with E-state index in [-0.39, 0.29) is 5.41 Å². The number of hydrogen-bond acceptors (Lipinski definition) is 2. The van der Waals surface area contributed by atoms with Gasteiger partial charge in [-0.15, -0.1) is 0 Å². The van der Waals surface area contributed by atoms with Crippen LogP contribution in [0.15, 0.2) is 24.8 Å². The van der Waals surface area contributed by atoms with Crippen molar-refractivity contribution in [2.75, 3.05) is 0 Å². The van der Waals surface area contributed by atoms with Crippen molar-refractivity contribution in [3.8, 4) is 0 Å². The Morgan fingerprint density at radius 1 is 1.33 bits per heavy atom. The molecular weight excluding hydrogens is 152 g/mol. The molecule has 0 aliphatic carbocycles. The zero-order chi connectivity index (χ0) is 9.83. The largest absolute Gasteiger partial charge is 0.381 e. The van der Waals surface area contributed by atoms with Crippen molar-refractivity contribution in [1.82, 2.24) is 0 Å². The Hall–Kier alpha value is -0.890. The summed E-state index contributed by atoms with van der Waals surface area (Å²) < 4.78 is 0. The molecule has 0 radical (unpaired) electrons. The Morgan fingerprint density at radius 3 is 2.08 bits per heavy atom. The lowest BCUT2D eigenvalue weighted by Gasteiger charge is -2.34.